The number of carbonyl (C=O) groups is 1. The Morgan fingerprint density at radius 2 is 1.74 bits per heavy atom. The molecule has 1 atom stereocenters. The molecule has 0 aliphatic carbocycles. The normalized spacial score (nSPS) is 12.3. The van der Waals surface area contributed by atoms with Crippen molar-refractivity contribution in [3.05, 3.63) is 102 Å². The summed E-state index contributed by atoms with van der Waals surface area (Å²) in [4.78, 5) is 20.4. The highest BCUT2D eigenvalue weighted by atomic mass is 19.4. The molecular weight excluding hydrogens is 501 g/mol. The zero-order valence-corrected chi connectivity index (χ0v) is 19.5. The Kier molecular flexibility index (Phi) is 6.71. The first-order chi connectivity index (χ1) is 18.3. The fourth-order valence-electron chi connectivity index (χ4n) is 3.75. The lowest BCUT2D eigenvalue weighted by Crippen LogP contribution is -2.28. The fraction of sp³-hybridized carbons (Fsp3) is 0.115. The van der Waals surface area contributed by atoms with Crippen LogP contribution in [0.4, 0.5) is 13.2 Å². The third kappa shape index (κ3) is 5.15. The highest BCUT2D eigenvalue weighted by molar-refractivity contribution is 5.82. The highest BCUT2D eigenvalue weighted by Gasteiger charge is 2.40. The first-order valence-corrected chi connectivity index (χ1v) is 11.3. The lowest BCUT2D eigenvalue weighted by molar-refractivity contribution is -0.142. The molecule has 192 valence electrons. The molecule has 0 saturated heterocycles. The molecule has 0 aliphatic rings. The third-order valence-electron chi connectivity index (χ3n) is 5.64. The fourth-order valence-corrected chi connectivity index (χ4v) is 3.75. The maximum absolute atomic E-state index is 14.0. The van der Waals surface area contributed by atoms with Crippen LogP contribution in [0.25, 0.3) is 28.5 Å². The first kappa shape index (κ1) is 24.8. The van der Waals surface area contributed by atoms with Crippen LogP contribution in [0.1, 0.15) is 22.9 Å². The van der Waals surface area contributed by atoms with Crippen molar-refractivity contribution >= 4 is 5.91 Å². The molecule has 1 unspecified atom stereocenters. The van der Waals surface area contributed by atoms with Crippen molar-refractivity contribution in [2.45, 2.75) is 18.8 Å². The highest BCUT2D eigenvalue weighted by Crippen LogP contribution is 2.38. The Morgan fingerprint density at radius 3 is 2.42 bits per heavy atom. The van der Waals surface area contributed by atoms with Crippen molar-refractivity contribution in [2.24, 2.45) is 0 Å². The lowest BCUT2D eigenvalue weighted by atomic mass is 10.1. The van der Waals surface area contributed by atoms with Crippen molar-refractivity contribution in [1.82, 2.24) is 30.2 Å². The van der Waals surface area contributed by atoms with E-state index in [1.165, 1.54) is 36.4 Å². The van der Waals surface area contributed by atoms with E-state index >= 15 is 0 Å². The van der Waals surface area contributed by atoms with E-state index < -0.39 is 23.9 Å². The molecule has 0 bridgehead atoms. The topological polar surface area (TPSA) is 119 Å². The van der Waals surface area contributed by atoms with Gasteiger partial charge < -0.3 is 14.9 Å². The predicted molar refractivity (Wildman–Crippen MR) is 128 cm³/mol. The molecule has 5 aromatic rings. The molecule has 0 aliphatic heterocycles. The van der Waals surface area contributed by atoms with Gasteiger partial charge in [-0.15, -0.1) is 0 Å². The van der Waals surface area contributed by atoms with Crippen LogP contribution in [-0.2, 0) is 17.5 Å². The molecular formula is C26H19F3N6O3. The summed E-state index contributed by atoms with van der Waals surface area (Å²) in [6.45, 7) is 0.225. The minimum absolute atomic E-state index is 0.0313. The summed E-state index contributed by atoms with van der Waals surface area (Å²) in [5.74, 6) is -0.913. The van der Waals surface area contributed by atoms with Crippen LogP contribution in [0, 0.1) is 0 Å². The Labute approximate surface area is 213 Å². The maximum atomic E-state index is 14.0. The SMILES string of the molecule is O=C(NCc1ccncc1)C(O)c1ccc(-c2noc(-c3cnn(-c4ccccc4)c3C(F)(F)F)n2)cc1. The molecule has 3 heterocycles. The average Bonchev–Trinajstić information content (AvgIpc) is 3.60. The van der Waals surface area contributed by atoms with E-state index in [4.69, 9.17) is 4.52 Å². The van der Waals surface area contributed by atoms with E-state index in [0.29, 0.717) is 11.1 Å². The van der Waals surface area contributed by atoms with Crippen LogP contribution in [0.2, 0.25) is 0 Å². The van der Waals surface area contributed by atoms with Crippen LogP contribution in [-0.4, -0.2) is 35.9 Å². The quantitative estimate of drug-likeness (QED) is 0.327. The van der Waals surface area contributed by atoms with Crippen LogP contribution < -0.4 is 5.32 Å². The van der Waals surface area contributed by atoms with Gasteiger partial charge in [-0.3, -0.25) is 9.78 Å². The van der Waals surface area contributed by atoms with Crippen LogP contribution in [0.15, 0.2) is 89.8 Å². The van der Waals surface area contributed by atoms with E-state index in [0.717, 1.165) is 16.4 Å². The molecule has 0 saturated carbocycles. The Balaban J connectivity index is 1.34. The minimum Gasteiger partial charge on any atom is -0.378 e. The van der Waals surface area contributed by atoms with Crippen molar-refractivity contribution < 1.29 is 27.6 Å². The molecule has 2 N–H and O–H groups in total. The second-order valence-corrected chi connectivity index (χ2v) is 8.17. The van der Waals surface area contributed by atoms with Crippen molar-refractivity contribution in [1.29, 1.82) is 0 Å². The summed E-state index contributed by atoms with van der Waals surface area (Å²) >= 11 is 0. The van der Waals surface area contributed by atoms with Gasteiger partial charge in [0.2, 0.25) is 5.82 Å². The van der Waals surface area contributed by atoms with E-state index in [9.17, 15) is 23.1 Å². The molecule has 5 rings (SSSR count). The molecule has 9 nitrogen and oxygen atoms in total. The molecule has 38 heavy (non-hydrogen) atoms. The number of rotatable bonds is 7. The minimum atomic E-state index is -4.74. The number of halogens is 3. The molecule has 2 aromatic carbocycles. The number of hydrogen-bond acceptors (Lipinski definition) is 7. The van der Waals surface area contributed by atoms with Gasteiger partial charge in [-0.1, -0.05) is 47.6 Å². The van der Waals surface area contributed by atoms with Crippen molar-refractivity contribution in [3.63, 3.8) is 0 Å². The Bertz CT molecular complexity index is 1530. The summed E-state index contributed by atoms with van der Waals surface area (Å²) in [6.07, 6.45) is -1.95. The number of pyridine rings is 1. The Hall–Kier alpha value is -4.84. The van der Waals surface area contributed by atoms with Gasteiger partial charge in [0.25, 0.3) is 11.8 Å². The Morgan fingerprint density at radius 1 is 1.03 bits per heavy atom. The van der Waals surface area contributed by atoms with Crippen molar-refractivity contribution in [3.8, 4) is 28.5 Å². The number of aromatic nitrogens is 5. The number of carbonyl (C=O) groups excluding carboxylic acids is 1. The van der Waals surface area contributed by atoms with Crippen LogP contribution >= 0.6 is 0 Å². The molecule has 12 heteroatoms. The maximum Gasteiger partial charge on any atom is 0.434 e. The van der Waals surface area contributed by atoms with E-state index in [1.54, 1.807) is 42.7 Å². The number of amides is 1. The number of nitrogens with one attached hydrogen (secondary N) is 1. The summed E-state index contributed by atoms with van der Waals surface area (Å²) in [5.41, 5.74) is 0.370. The summed E-state index contributed by atoms with van der Waals surface area (Å²) in [5, 5.41) is 20.7. The lowest BCUT2D eigenvalue weighted by Gasteiger charge is -2.12. The third-order valence-corrected chi connectivity index (χ3v) is 5.64. The van der Waals surface area contributed by atoms with Gasteiger partial charge in [-0.25, -0.2) is 4.68 Å². The standard InChI is InChI=1S/C26H19F3N6O3/c27-26(28,29)22-20(15-32-35(22)19-4-2-1-3-5-19)25-33-23(34-38-25)18-8-6-17(7-9-18)21(36)24(37)31-14-16-10-12-30-13-11-16/h1-13,15,21,36H,14H2,(H,31,37). The number of para-hydroxylation sites is 1. The number of hydrogen-bond donors (Lipinski definition) is 2. The van der Waals surface area contributed by atoms with Crippen molar-refractivity contribution in [2.75, 3.05) is 0 Å². The van der Waals surface area contributed by atoms with E-state index in [1.807, 2.05) is 0 Å². The monoisotopic (exact) mass is 520 g/mol. The second-order valence-electron chi connectivity index (χ2n) is 8.17. The van der Waals surface area contributed by atoms with Gasteiger partial charge in [0.1, 0.15) is 0 Å². The van der Waals surface area contributed by atoms with Crippen LogP contribution in [0.5, 0.6) is 0 Å². The van der Waals surface area contributed by atoms with Gasteiger partial charge in [0.05, 0.1) is 17.4 Å². The second kappa shape index (κ2) is 10.3. The van der Waals surface area contributed by atoms with Gasteiger partial charge in [-0.2, -0.15) is 23.3 Å². The van der Waals surface area contributed by atoms with Gasteiger partial charge >= 0.3 is 6.18 Å². The average molecular weight is 520 g/mol. The molecule has 0 spiro atoms. The summed E-state index contributed by atoms with van der Waals surface area (Å²) < 4.78 is 47.8. The molecule has 0 radical (unpaired) electrons. The smallest absolute Gasteiger partial charge is 0.378 e. The predicted octanol–water partition coefficient (Wildman–Crippen LogP) is 4.35. The molecule has 1 amide bonds. The molecule has 3 aromatic heterocycles. The zero-order valence-electron chi connectivity index (χ0n) is 19.5. The number of benzene rings is 2. The molecule has 0 fully saturated rings. The zero-order chi connectivity index (χ0) is 26.7. The number of nitrogens with zero attached hydrogens (tertiary/aromatic N) is 5. The number of alkyl halides is 3. The summed E-state index contributed by atoms with van der Waals surface area (Å²) in [7, 11) is 0. The number of aliphatic hydroxyl groups excluding tert-OH is 1. The summed E-state index contributed by atoms with van der Waals surface area (Å²) in [6, 6.07) is 17.4. The van der Waals surface area contributed by atoms with Gasteiger partial charge in [0, 0.05) is 24.5 Å². The first-order valence-electron chi connectivity index (χ1n) is 11.3. The van der Waals surface area contributed by atoms with E-state index in [2.05, 4.69) is 25.5 Å². The van der Waals surface area contributed by atoms with Gasteiger partial charge in [-0.05, 0) is 35.4 Å². The van der Waals surface area contributed by atoms with E-state index in [-0.39, 0.29) is 29.5 Å². The largest absolute Gasteiger partial charge is 0.434 e. The van der Waals surface area contributed by atoms with Crippen LogP contribution in [0.3, 0.4) is 0 Å². The van der Waals surface area contributed by atoms with Gasteiger partial charge in [0.15, 0.2) is 11.8 Å². The number of aliphatic hydroxyl groups is 1.